The molecule has 2 heterocycles. The highest BCUT2D eigenvalue weighted by Crippen LogP contribution is 2.30. The number of nitro benzene ring substituents is 1. The van der Waals surface area contributed by atoms with E-state index in [2.05, 4.69) is 15.1 Å². The van der Waals surface area contributed by atoms with Crippen LogP contribution >= 0.6 is 0 Å². The summed E-state index contributed by atoms with van der Waals surface area (Å²) in [5.41, 5.74) is 3.21. The molecule has 8 heteroatoms. The summed E-state index contributed by atoms with van der Waals surface area (Å²) in [6.07, 6.45) is 3.05. The number of hydrogen-bond acceptors (Lipinski definition) is 6. The van der Waals surface area contributed by atoms with Gasteiger partial charge in [-0.2, -0.15) is 5.10 Å². The highest BCUT2D eigenvalue weighted by atomic mass is 16.6. The smallest absolute Gasteiger partial charge is 0.272 e. The van der Waals surface area contributed by atoms with Crippen molar-refractivity contribution in [3.05, 3.63) is 76.2 Å². The van der Waals surface area contributed by atoms with E-state index in [9.17, 15) is 10.1 Å². The van der Waals surface area contributed by atoms with E-state index >= 15 is 0 Å². The third kappa shape index (κ3) is 3.08. The second-order valence-electron chi connectivity index (χ2n) is 6.12. The predicted octanol–water partition coefficient (Wildman–Crippen LogP) is 4.13. The van der Waals surface area contributed by atoms with Crippen molar-refractivity contribution in [1.29, 1.82) is 0 Å². The summed E-state index contributed by atoms with van der Waals surface area (Å²) >= 11 is 0. The van der Waals surface area contributed by atoms with Crippen molar-refractivity contribution in [3.63, 3.8) is 0 Å². The Labute approximate surface area is 154 Å². The van der Waals surface area contributed by atoms with Gasteiger partial charge in [0.25, 0.3) is 5.69 Å². The molecule has 0 bridgehead atoms. The number of hydrogen-bond donors (Lipinski definition) is 0. The van der Waals surface area contributed by atoms with Crippen molar-refractivity contribution >= 4 is 16.7 Å². The molecule has 0 fully saturated rings. The summed E-state index contributed by atoms with van der Waals surface area (Å²) in [6, 6.07) is 12.5. The lowest BCUT2D eigenvalue weighted by atomic mass is 10.2. The molecule has 0 N–H and O–H groups in total. The van der Waals surface area contributed by atoms with E-state index in [4.69, 9.17) is 4.74 Å². The van der Waals surface area contributed by atoms with Crippen molar-refractivity contribution in [2.24, 2.45) is 0 Å². The van der Waals surface area contributed by atoms with Crippen LogP contribution in [0.25, 0.3) is 16.7 Å². The average molecular weight is 361 g/mol. The van der Waals surface area contributed by atoms with E-state index in [0.29, 0.717) is 28.2 Å². The Bertz CT molecular complexity index is 1150. The van der Waals surface area contributed by atoms with Gasteiger partial charge in [0.05, 0.1) is 16.8 Å². The van der Waals surface area contributed by atoms with Gasteiger partial charge in [-0.15, -0.1) is 0 Å². The normalized spacial score (nSPS) is 10.9. The molecule has 2 aromatic heterocycles. The Kier molecular flexibility index (Phi) is 4.00. The maximum absolute atomic E-state index is 11.0. The van der Waals surface area contributed by atoms with E-state index in [1.165, 1.54) is 12.4 Å². The van der Waals surface area contributed by atoms with Crippen LogP contribution in [0.1, 0.15) is 11.1 Å². The number of aromatic nitrogens is 4. The standard InChI is InChI=1S/C19H15N5O3/c1-12-3-5-14(6-4-12)23-18-16(10-22-23)19(21-11-20-18)27-15-7-8-17(24(25)26)13(2)9-15/h3-11H,1-2H3. The lowest BCUT2D eigenvalue weighted by molar-refractivity contribution is -0.385. The van der Waals surface area contributed by atoms with Gasteiger partial charge < -0.3 is 4.74 Å². The topological polar surface area (TPSA) is 96.0 Å². The second-order valence-corrected chi connectivity index (χ2v) is 6.12. The number of benzene rings is 2. The summed E-state index contributed by atoms with van der Waals surface area (Å²) in [7, 11) is 0. The molecule has 0 aliphatic carbocycles. The minimum absolute atomic E-state index is 0.0439. The molecule has 0 saturated carbocycles. The van der Waals surface area contributed by atoms with Crippen LogP contribution in [0.3, 0.4) is 0 Å². The average Bonchev–Trinajstić information content (AvgIpc) is 3.07. The molecule has 0 aliphatic rings. The highest BCUT2D eigenvalue weighted by Gasteiger charge is 2.15. The molecule has 2 aromatic carbocycles. The van der Waals surface area contributed by atoms with E-state index < -0.39 is 4.92 Å². The molecule has 0 spiro atoms. The summed E-state index contributed by atoms with van der Waals surface area (Å²) in [4.78, 5) is 19.0. The van der Waals surface area contributed by atoms with Crippen LogP contribution < -0.4 is 4.74 Å². The zero-order chi connectivity index (χ0) is 19.0. The fraction of sp³-hybridized carbons (Fsp3) is 0.105. The number of rotatable bonds is 4. The van der Waals surface area contributed by atoms with Gasteiger partial charge in [-0.05, 0) is 38.1 Å². The molecule has 4 aromatic rings. The van der Waals surface area contributed by atoms with Gasteiger partial charge in [0.2, 0.25) is 5.88 Å². The third-order valence-corrected chi connectivity index (χ3v) is 4.19. The molecule has 0 amide bonds. The molecule has 0 radical (unpaired) electrons. The number of nitrogens with zero attached hydrogens (tertiary/aromatic N) is 5. The van der Waals surface area contributed by atoms with Crippen LogP contribution in [0, 0.1) is 24.0 Å². The number of ether oxygens (including phenoxy) is 1. The van der Waals surface area contributed by atoms with Gasteiger partial charge >= 0.3 is 0 Å². The Morgan fingerprint density at radius 2 is 1.85 bits per heavy atom. The Morgan fingerprint density at radius 1 is 1.07 bits per heavy atom. The summed E-state index contributed by atoms with van der Waals surface area (Å²) in [5.74, 6) is 0.799. The fourth-order valence-electron chi connectivity index (χ4n) is 2.79. The SMILES string of the molecule is Cc1ccc(-n2ncc3c(Oc4ccc([N+](=O)[O-])c(C)c4)ncnc32)cc1. The summed E-state index contributed by atoms with van der Waals surface area (Å²) in [6.45, 7) is 3.68. The van der Waals surface area contributed by atoms with Crippen molar-refractivity contribution in [3.8, 4) is 17.3 Å². The molecule has 0 saturated heterocycles. The van der Waals surface area contributed by atoms with Crippen LogP contribution in [0.5, 0.6) is 11.6 Å². The number of aryl methyl sites for hydroxylation is 2. The lowest BCUT2D eigenvalue weighted by Crippen LogP contribution is -1.98. The van der Waals surface area contributed by atoms with Crippen LogP contribution in [-0.2, 0) is 0 Å². The maximum Gasteiger partial charge on any atom is 0.272 e. The Morgan fingerprint density at radius 3 is 2.56 bits per heavy atom. The quantitative estimate of drug-likeness (QED) is 0.400. The van der Waals surface area contributed by atoms with Gasteiger partial charge in [0.1, 0.15) is 17.5 Å². The second kappa shape index (κ2) is 6.49. The Hall–Kier alpha value is -3.81. The van der Waals surface area contributed by atoms with E-state index in [1.54, 1.807) is 29.9 Å². The van der Waals surface area contributed by atoms with Crippen LogP contribution in [0.15, 0.2) is 55.0 Å². The first-order valence-corrected chi connectivity index (χ1v) is 8.21. The monoisotopic (exact) mass is 361 g/mol. The van der Waals surface area contributed by atoms with Gasteiger partial charge in [-0.1, -0.05) is 17.7 Å². The van der Waals surface area contributed by atoms with E-state index in [0.717, 1.165) is 11.3 Å². The number of fused-ring (bicyclic) bond motifs is 1. The predicted molar refractivity (Wildman–Crippen MR) is 99.3 cm³/mol. The van der Waals surface area contributed by atoms with Crippen molar-refractivity contribution in [2.75, 3.05) is 0 Å². The Balaban J connectivity index is 1.72. The first kappa shape index (κ1) is 16.6. The van der Waals surface area contributed by atoms with E-state index in [-0.39, 0.29) is 5.69 Å². The van der Waals surface area contributed by atoms with Gasteiger partial charge in [0.15, 0.2) is 5.65 Å². The molecule has 0 unspecified atom stereocenters. The third-order valence-electron chi connectivity index (χ3n) is 4.19. The maximum atomic E-state index is 11.0. The highest BCUT2D eigenvalue weighted by molar-refractivity contribution is 5.81. The van der Waals surface area contributed by atoms with Crippen molar-refractivity contribution in [1.82, 2.24) is 19.7 Å². The molecular formula is C19H15N5O3. The van der Waals surface area contributed by atoms with Crippen molar-refractivity contribution in [2.45, 2.75) is 13.8 Å². The van der Waals surface area contributed by atoms with Crippen LogP contribution in [-0.4, -0.2) is 24.7 Å². The minimum Gasteiger partial charge on any atom is -0.438 e. The molecule has 134 valence electrons. The van der Waals surface area contributed by atoms with E-state index in [1.807, 2.05) is 31.2 Å². The van der Waals surface area contributed by atoms with Gasteiger partial charge in [0, 0.05) is 11.6 Å². The zero-order valence-corrected chi connectivity index (χ0v) is 14.7. The molecular weight excluding hydrogens is 346 g/mol. The molecule has 0 atom stereocenters. The largest absolute Gasteiger partial charge is 0.438 e. The molecule has 0 aliphatic heterocycles. The molecule has 27 heavy (non-hydrogen) atoms. The van der Waals surface area contributed by atoms with Crippen molar-refractivity contribution < 1.29 is 9.66 Å². The van der Waals surface area contributed by atoms with Gasteiger partial charge in [-0.3, -0.25) is 10.1 Å². The van der Waals surface area contributed by atoms with Gasteiger partial charge in [-0.25, -0.2) is 14.6 Å². The fourth-order valence-corrected chi connectivity index (χ4v) is 2.79. The zero-order valence-electron chi connectivity index (χ0n) is 14.7. The van der Waals surface area contributed by atoms with Crippen LogP contribution in [0.2, 0.25) is 0 Å². The molecule has 4 rings (SSSR count). The first-order valence-electron chi connectivity index (χ1n) is 8.21. The van der Waals surface area contributed by atoms with Crippen LogP contribution in [0.4, 0.5) is 5.69 Å². The lowest BCUT2D eigenvalue weighted by Gasteiger charge is -2.07. The summed E-state index contributed by atoms with van der Waals surface area (Å²) < 4.78 is 7.56. The summed E-state index contributed by atoms with van der Waals surface area (Å²) in [5, 5.41) is 16.0. The number of nitro groups is 1. The minimum atomic E-state index is -0.423. The first-order chi connectivity index (χ1) is 13.0. The molecule has 8 nitrogen and oxygen atoms in total.